The molecule has 20 heavy (non-hydrogen) atoms. The molecule has 2 aromatic carbocycles. The number of nitrogens with one attached hydrogen (secondary N) is 2. The molecule has 0 atom stereocenters. The number of carbonyl (C=O) groups excluding carboxylic acids is 1. The Morgan fingerprint density at radius 2 is 1.75 bits per heavy atom. The number of anilines is 1. The van der Waals surface area contributed by atoms with Gasteiger partial charge < -0.3 is 5.32 Å². The van der Waals surface area contributed by atoms with Crippen molar-refractivity contribution >= 4 is 44.9 Å². The predicted octanol–water partition coefficient (Wildman–Crippen LogP) is 3.88. The van der Waals surface area contributed by atoms with Crippen molar-refractivity contribution in [3.63, 3.8) is 0 Å². The van der Waals surface area contributed by atoms with E-state index in [9.17, 15) is 4.79 Å². The van der Waals surface area contributed by atoms with E-state index in [0.717, 1.165) is 15.7 Å². The van der Waals surface area contributed by atoms with Gasteiger partial charge in [0, 0.05) is 10.0 Å². The summed E-state index contributed by atoms with van der Waals surface area (Å²) in [5.74, 6) is -0.227. The highest BCUT2D eigenvalue weighted by molar-refractivity contribution is 9.10. The molecule has 2 rings (SSSR count). The van der Waals surface area contributed by atoms with Crippen molar-refractivity contribution in [3.05, 3.63) is 64.1 Å². The van der Waals surface area contributed by atoms with Crippen molar-refractivity contribution in [3.8, 4) is 0 Å². The second kappa shape index (κ2) is 6.63. The fourth-order valence-corrected chi connectivity index (χ4v) is 2.18. The zero-order valence-corrected chi connectivity index (χ0v) is 13.2. The van der Waals surface area contributed by atoms with Gasteiger partial charge in [-0.1, -0.05) is 29.8 Å². The number of halogens is 1. The summed E-state index contributed by atoms with van der Waals surface area (Å²) in [5.41, 5.74) is 2.49. The number of aryl methyl sites for hydroxylation is 1. The molecule has 0 aliphatic carbocycles. The van der Waals surface area contributed by atoms with Crippen LogP contribution in [0.3, 0.4) is 0 Å². The van der Waals surface area contributed by atoms with Crippen LogP contribution in [0.1, 0.15) is 15.9 Å². The molecule has 1 amide bonds. The molecule has 3 nitrogen and oxygen atoms in total. The second-order valence-electron chi connectivity index (χ2n) is 4.25. The topological polar surface area (TPSA) is 41.1 Å². The number of carbonyl (C=O) groups is 1. The Bertz CT molecular complexity index is 641. The van der Waals surface area contributed by atoms with Crippen LogP contribution in [0.4, 0.5) is 5.69 Å². The molecule has 0 heterocycles. The molecular weight excluding hydrogens is 336 g/mol. The van der Waals surface area contributed by atoms with E-state index in [2.05, 4.69) is 26.6 Å². The number of hydrogen-bond acceptors (Lipinski definition) is 2. The summed E-state index contributed by atoms with van der Waals surface area (Å²) in [5, 5.41) is 5.89. The minimum absolute atomic E-state index is 0.227. The molecule has 2 aromatic rings. The largest absolute Gasteiger partial charge is 0.331 e. The molecule has 2 N–H and O–H groups in total. The van der Waals surface area contributed by atoms with E-state index in [1.165, 1.54) is 0 Å². The van der Waals surface area contributed by atoms with Gasteiger partial charge in [-0.3, -0.25) is 10.1 Å². The number of benzene rings is 2. The lowest BCUT2D eigenvalue weighted by Crippen LogP contribution is -2.34. The quantitative estimate of drug-likeness (QED) is 0.809. The summed E-state index contributed by atoms with van der Waals surface area (Å²) in [6.45, 7) is 1.97. The number of rotatable bonds is 2. The molecular formula is C15H13BrN2OS. The Kier molecular flexibility index (Phi) is 4.87. The molecule has 0 bridgehead atoms. The highest BCUT2D eigenvalue weighted by Crippen LogP contribution is 2.20. The van der Waals surface area contributed by atoms with Gasteiger partial charge in [-0.2, -0.15) is 0 Å². The van der Waals surface area contributed by atoms with Gasteiger partial charge in [0.05, 0.1) is 5.69 Å². The number of para-hydroxylation sites is 1. The van der Waals surface area contributed by atoms with Gasteiger partial charge in [-0.25, -0.2) is 0 Å². The zero-order chi connectivity index (χ0) is 14.5. The third kappa shape index (κ3) is 3.88. The Labute approximate surface area is 131 Å². The SMILES string of the molecule is Cc1ccc(C(=O)NC(=S)Nc2ccccc2Br)cc1. The average molecular weight is 349 g/mol. The molecule has 0 aliphatic rings. The van der Waals surface area contributed by atoms with Gasteiger partial charge in [0.15, 0.2) is 5.11 Å². The minimum Gasteiger partial charge on any atom is -0.331 e. The minimum atomic E-state index is -0.227. The lowest BCUT2D eigenvalue weighted by Gasteiger charge is -2.10. The van der Waals surface area contributed by atoms with Gasteiger partial charge in [-0.15, -0.1) is 0 Å². The Morgan fingerprint density at radius 1 is 1.10 bits per heavy atom. The van der Waals surface area contributed by atoms with Gasteiger partial charge in [0.1, 0.15) is 0 Å². The van der Waals surface area contributed by atoms with Crippen LogP contribution in [-0.4, -0.2) is 11.0 Å². The van der Waals surface area contributed by atoms with Gasteiger partial charge in [-0.05, 0) is 59.3 Å². The number of hydrogen-bond donors (Lipinski definition) is 2. The van der Waals surface area contributed by atoms with Crippen molar-refractivity contribution in [1.29, 1.82) is 0 Å². The number of amides is 1. The van der Waals surface area contributed by atoms with Crippen molar-refractivity contribution in [2.75, 3.05) is 5.32 Å². The van der Waals surface area contributed by atoms with Gasteiger partial charge in [0.25, 0.3) is 5.91 Å². The first kappa shape index (κ1) is 14.7. The maximum atomic E-state index is 12.0. The van der Waals surface area contributed by atoms with E-state index in [-0.39, 0.29) is 11.0 Å². The van der Waals surface area contributed by atoms with E-state index in [4.69, 9.17) is 12.2 Å². The predicted molar refractivity (Wildman–Crippen MR) is 89.0 cm³/mol. The van der Waals surface area contributed by atoms with Crippen LogP contribution in [0.15, 0.2) is 53.0 Å². The third-order valence-electron chi connectivity index (χ3n) is 2.66. The molecule has 0 spiro atoms. The van der Waals surface area contributed by atoms with Crippen molar-refractivity contribution in [1.82, 2.24) is 5.32 Å². The summed E-state index contributed by atoms with van der Waals surface area (Å²) in [6, 6.07) is 14.9. The highest BCUT2D eigenvalue weighted by Gasteiger charge is 2.08. The third-order valence-corrected chi connectivity index (χ3v) is 3.56. The van der Waals surface area contributed by atoms with Crippen LogP contribution in [0.5, 0.6) is 0 Å². The Morgan fingerprint density at radius 3 is 2.40 bits per heavy atom. The molecule has 0 unspecified atom stereocenters. The molecule has 0 saturated carbocycles. The van der Waals surface area contributed by atoms with Crippen LogP contribution in [0.25, 0.3) is 0 Å². The van der Waals surface area contributed by atoms with Crippen molar-refractivity contribution in [2.45, 2.75) is 6.92 Å². The van der Waals surface area contributed by atoms with Crippen LogP contribution in [0, 0.1) is 6.92 Å². The van der Waals surface area contributed by atoms with E-state index < -0.39 is 0 Å². The summed E-state index contributed by atoms with van der Waals surface area (Å²) in [6.07, 6.45) is 0. The van der Waals surface area contributed by atoms with Crippen LogP contribution in [0.2, 0.25) is 0 Å². The van der Waals surface area contributed by atoms with Gasteiger partial charge in [0.2, 0.25) is 0 Å². The number of thiocarbonyl (C=S) groups is 1. The summed E-state index contributed by atoms with van der Waals surface area (Å²) in [7, 11) is 0. The fourth-order valence-electron chi connectivity index (χ4n) is 1.60. The molecule has 5 heteroatoms. The highest BCUT2D eigenvalue weighted by atomic mass is 79.9. The smallest absolute Gasteiger partial charge is 0.257 e. The maximum absolute atomic E-state index is 12.0. The van der Waals surface area contributed by atoms with E-state index in [1.54, 1.807) is 12.1 Å². The molecule has 0 fully saturated rings. The molecule has 0 radical (unpaired) electrons. The van der Waals surface area contributed by atoms with Crippen LogP contribution < -0.4 is 10.6 Å². The van der Waals surface area contributed by atoms with Crippen LogP contribution >= 0.6 is 28.1 Å². The second-order valence-corrected chi connectivity index (χ2v) is 5.52. The average Bonchev–Trinajstić information content (AvgIpc) is 2.42. The van der Waals surface area contributed by atoms with E-state index in [1.807, 2.05) is 43.3 Å². The maximum Gasteiger partial charge on any atom is 0.257 e. The Hall–Kier alpha value is -1.72. The normalized spacial score (nSPS) is 9.90. The molecule has 0 saturated heterocycles. The molecule has 0 aromatic heterocycles. The summed E-state index contributed by atoms with van der Waals surface area (Å²) < 4.78 is 0.881. The summed E-state index contributed by atoms with van der Waals surface area (Å²) >= 11 is 8.54. The van der Waals surface area contributed by atoms with Crippen molar-refractivity contribution in [2.24, 2.45) is 0 Å². The molecule has 102 valence electrons. The monoisotopic (exact) mass is 348 g/mol. The standard InChI is InChI=1S/C15H13BrN2OS/c1-10-6-8-11(9-7-10)14(19)18-15(20)17-13-5-3-2-4-12(13)16/h2-9H,1H3,(H2,17,18,19,20). The molecule has 0 aliphatic heterocycles. The summed E-state index contributed by atoms with van der Waals surface area (Å²) in [4.78, 5) is 12.0. The van der Waals surface area contributed by atoms with Crippen LogP contribution in [-0.2, 0) is 0 Å². The van der Waals surface area contributed by atoms with E-state index in [0.29, 0.717) is 5.56 Å². The first-order valence-electron chi connectivity index (χ1n) is 6.00. The first-order chi connectivity index (χ1) is 9.56. The Balaban J connectivity index is 2.00. The first-order valence-corrected chi connectivity index (χ1v) is 7.20. The van der Waals surface area contributed by atoms with Crippen molar-refractivity contribution < 1.29 is 4.79 Å². The lowest BCUT2D eigenvalue weighted by atomic mass is 10.1. The van der Waals surface area contributed by atoms with E-state index >= 15 is 0 Å². The fraction of sp³-hybridized carbons (Fsp3) is 0.0667. The zero-order valence-electron chi connectivity index (χ0n) is 10.8. The lowest BCUT2D eigenvalue weighted by molar-refractivity contribution is 0.0978. The van der Waals surface area contributed by atoms with Gasteiger partial charge >= 0.3 is 0 Å².